The van der Waals surface area contributed by atoms with E-state index in [2.05, 4.69) is 27.8 Å². The molecule has 0 aromatic rings. The van der Waals surface area contributed by atoms with Gasteiger partial charge in [-0.15, -0.1) is 0 Å². The molecule has 0 aliphatic carbocycles. The second kappa shape index (κ2) is 11.8. The average Bonchev–Trinajstić information content (AvgIpc) is 2.52. The Morgan fingerprint density at radius 2 is 1.07 bits per heavy atom. The van der Waals surface area contributed by atoms with Crippen molar-refractivity contribution in [3.05, 3.63) is 0 Å². The zero-order valence-corrected chi connectivity index (χ0v) is 18.7. The quantitative estimate of drug-likeness (QED) is 0.192. The lowest BCUT2D eigenvalue weighted by molar-refractivity contribution is -0.906. The molecule has 0 aromatic carbocycles. The molecule has 0 heterocycles. The van der Waals surface area contributed by atoms with Crippen molar-refractivity contribution < 1.29 is 47.7 Å². The molecule has 0 fully saturated rings. The highest BCUT2D eigenvalue weighted by atomic mass is 33.5. The molecule has 0 radical (unpaired) electrons. The molecule has 0 bridgehead atoms. The van der Waals surface area contributed by atoms with Crippen LogP contribution in [0.4, 0.5) is 26.3 Å². The lowest BCUT2D eigenvalue weighted by Crippen LogP contribution is -2.44. The van der Waals surface area contributed by atoms with E-state index >= 15 is 0 Å². The van der Waals surface area contributed by atoms with Gasteiger partial charge >= 0.3 is 28.8 Å². The van der Waals surface area contributed by atoms with Gasteiger partial charge in [0.25, 0.3) is 0 Å². The Balaban J connectivity index is 0. The third-order valence-corrected chi connectivity index (χ3v) is 11.0. The summed E-state index contributed by atoms with van der Waals surface area (Å²) in [5.74, 6) is 0. The fourth-order valence-corrected chi connectivity index (χ4v) is 6.90. The van der Waals surface area contributed by atoms with Crippen molar-refractivity contribution in [3.63, 3.8) is 0 Å². The molecule has 0 unspecified atom stereocenters. The normalized spacial score (nSPS) is 13.8. The zero-order chi connectivity index (χ0) is 22.9. The first kappa shape index (κ1) is 30.0. The molecule has 14 heteroatoms. The van der Waals surface area contributed by atoms with Crippen LogP contribution < -0.4 is 0 Å². The smallest absolute Gasteiger partial charge is 0.327 e. The largest absolute Gasteiger partial charge is 0.508 e. The van der Waals surface area contributed by atoms with Crippen LogP contribution in [0, 0.1) is 0 Å². The molecule has 0 saturated heterocycles. The Morgan fingerprint density at radius 1 is 0.714 bits per heavy atom. The summed E-state index contributed by atoms with van der Waals surface area (Å²) in [6.07, 6.45) is 7.05. The molecule has 0 aromatic heterocycles. The van der Waals surface area contributed by atoms with E-state index in [9.17, 15) is 43.2 Å². The fraction of sp³-hybridized carbons (Fsp3) is 1.00. The maximum absolute atomic E-state index is 11.5. The van der Waals surface area contributed by atoms with Gasteiger partial charge in [-0.05, 0) is 26.7 Å². The number of alkyl halides is 6. The van der Waals surface area contributed by atoms with Crippen molar-refractivity contribution in [1.82, 2.24) is 0 Å². The molecule has 28 heavy (non-hydrogen) atoms. The number of hydrogen-bond donors (Lipinski definition) is 0. The number of unbranched alkanes of at least 4 members (excludes halogenated alkanes) is 4. The molecule has 0 spiro atoms. The second-order valence-electron chi connectivity index (χ2n) is 6.26. The van der Waals surface area contributed by atoms with Gasteiger partial charge < -0.3 is 4.48 Å². The molecule has 0 aliphatic rings. The van der Waals surface area contributed by atoms with Gasteiger partial charge in [-0.3, -0.25) is 0 Å². The first-order valence-corrected chi connectivity index (χ1v) is 13.4. The van der Waals surface area contributed by atoms with Crippen molar-refractivity contribution in [3.8, 4) is 0 Å². The molecule has 172 valence electrons. The minimum Gasteiger partial charge on any atom is -0.327 e. The second-order valence-corrected chi connectivity index (χ2v) is 13.4. The van der Waals surface area contributed by atoms with Gasteiger partial charge in [-0.1, -0.05) is 26.2 Å². The zero-order valence-electron chi connectivity index (χ0n) is 16.2. The van der Waals surface area contributed by atoms with Crippen LogP contribution >= 0.6 is 9.83 Å². The maximum Gasteiger partial charge on any atom is 0.508 e. The molecule has 5 nitrogen and oxygen atoms in total. The third-order valence-electron chi connectivity index (χ3n) is 4.07. The Morgan fingerprint density at radius 3 is 1.36 bits per heavy atom. The number of nitrogens with zero attached hydrogens (tertiary/aromatic N) is 1. The number of hydrogen-bond acceptors (Lipinski definition) is 5. The van der Waals surface area contributed by atoms with Crippen LogP contribution in [0.15, 0.2) is 0 Å². The van der Waals surface area contributed by atoms with Crippen molar-refractivity contribution in [2.45, 2.75) is 63.9 Å². The highest BCUT2D eigenvalue weighted by Gasteiger charge is 2.56. The monoisotopic (exact) mass is 484 g/mol. The minimum absolute atomic E-state index is 1.26. The third kappa shape index (κ3) is 11.1. The van der Waals surface area contributed by atoms with Crippen LogP contribution in [-0.2, 0) is 17.7 Å². The minimum atomic E-state index is -6.43. The van der Waals surface area contributed by atoms with Gasteiger partial charge in [-0.25, -0.2) is 16.8 Å². The summed E-state index contributed by atoms with van der Waals surface area (Å²) in [6, 6.07) is 0. The first-order chi connectivity index (χ1) is 12.4. The number of quaternary nitrogens is 1. The Labute approximate surface area is 166 Å². The van der Waals surface area contributed by atoms with Gasteiger partial charge in [0.1, 0.15) is 9.83 Å². The van der Waals surface area contributed by atoms with Crippen molar-refractivity contribution in [1.29, 1.82) is 0 Å². The van der Waals surface area contributed by atoms with E-state index in [1.165, 1.54) is 56.2 Å². The molecule has 0 rings (SSSR count). The van der Waals surface area contributed by atoms with E-state index in [-0.39, 0.29) is 0 Å². The lowest BCUT2D eigenvalue weighted by atomic mass is 10.1. The molecule has 0 saturated carbocycles. The van der Waals surface area contributed by atoms with Gasteiger partial charge in [0.2, 0.25) is 0 Å². The summed E-state index contributed by atoms with van der Waals surface area (Å²) in [4.78, 5) is 0. The SMILES string of the molecule is CCCCCCC[N+](C)(CC)CC.O=S(=O)(SS(=O)(=O)C(F)(F)F)C(F)(F)F. The van der Waals surface area contributed by atoms with E-state index in [0.29, 0.717) is 0 Å². The van der Waals surface area contributed by atoms with E-state index < -0.39 is 38.6 Å². The molecule has 0 atom stereocenters. The summed E-state index contributed by atoms with van der Waals surface area (Å²) in [5.41, 5.74) is -12.1. The summed E-state index contributed by atoms with van der Waals surface area (Å²) in [6.45, 7) is 10.8. The Hall–Kier alpha value is -0.210. The molecular weight excluding hydrogens is 456 g/mol. The van der Waals surface area contributed by atoms with E-state index in [4.69, 9.17) is 0 Å². The van der Waals surface area contributed by atoms with Crippen LogP contribution in [-0.4, -0.2) is 59.0 Å². The number of halogens is 6. The topological polar surface area (TPSA) is 68.3 Å². The van der Waals surface area contributed by atoms with Crippen LogP contribution in [0.25, 0.3) is 0 Å². The maximum atomic E-state index is 11.5. The summed E-state index contributed by atoms with van der Waals surface area (Å²) in [7, 11) is -12.7. The summed E-state index contributed by atoms with van der Waals surface area (Å²) >= 11 is 0. The van der Waals surface area contributed by atoms with Gasteiger partial charge in [-0.2, -0.15) is 26.3 Å². The standard InChI is InChI=1S/C12H28N.C2F6O4S3/c1-5-8-9-10-11-12-13(4,6-2)7-3;3-1(4,5)14(9,10)13-15(11,12)2(6,7)8/h5-12H2,1-4H3;/q+1;. The summed E-state index contributed by atoms with van der Waals surface area (Å²) in [5, 5.41) is 0. The average molecular weight is 485 g/mol. The van der Waals surface area contributed by atoms with Crippen molar-refractivity contribution in [2.24, 2.45) is 0 Å². The van der Waals surface area contributed by atoms with E-state index in [0.717, 1.165) is 0 Å². The Bertz CT molecular complexity index is 599. The lowest BCUT2D eigenvalue weighted by Gasteiger charge is -2.32. The van der Waals surface area contributed by atoms with E-state index in [1.54, 1.807) is 0 Å². The number of rotatable bonds is 10. The highest BCUT2D eigenvalue weighted by Crippen LogP contribution is 2.42. The van der Waals surface area contributed by atoms with Gasteiger partial charge in [0, 0.05) is 0 Å². The van der Waals surface area contributed by atoms with Crippen LogP contribution in [0.2, 0.25) is 0 Å². The van der Waals surface area contributed by atoms with Crippen molar-refractivity contribution in [2.75, 3.05) is 26.7 Å². The van der Waals surface area contributed by atoms with Gasteiger partial charge in [0.05, 0.1) is 26.7 Å². The van der Waals surface area contributed by atoms with Crippen LogP contribution in [0.1, 0.15) is 52.9 Å². The predicted octanol–water partition coefficient (Wildman–Crippen LogP) is 4.86. The molecular formula is C14H28F6NO4S3+. The molecule has 0 N–H and O–H groups in total. The predicted molar refractivity (Wildman–Crippen MR) is 98.4 cm³/mol. The van der Waals surface area contributed by atoms with Crippen LogP contribution in [0.5, 0.6) is 0 Å². The van der Waals surface area contributed by atoms with Crippen LogP contribution in [0.3, 0.4) is 0 Å². The Kier molecular flexibility index (Phi) is 12.7. The summed E-state index contributed by atoms with van der Waals surface area (Å²) < 4.78 is 111. The highest BCUT2D eigenvalue weighted by molar-refractivity contribution is 9.04. The van der Waals surface area contributed by atoms with Crippen molar-refractivity contribution >= 4 is 27.6 Å². The molecule has 0 amide bonds. The fourth-order valence-electron chi connectivity index (χ4n) is 1.83. The van der Waals surface area contributed by atoms with Gasteiger partial charge in [0.15, 0.2) is 0 Å². The first-order valence-electron chi connectivity index (χ1n) is 8.56. The van der Waals surface area contributed by atoms with E-state index in [1.807, 2.05) is 0 Å². The molecule has 0 aliphatic heterocycles.